The van der Waals surface area contributed by atoms with Gasteiger partial charge in [-0.1, -0.05) is 18.2 Å². The summed E-state index contributed by atoms with van der Waals surface area (Å²) in [6.07, 6.45) is 1.66. The van der Waals surface area contributed by atoms with Crippen LogP contribution in [0.2, 0.25) is 0 Å². The number of carbonyl (C=O) groups excluding carboxylic acids is 3. The molecule has 2 amide bonds. The highest BCUT2D eigenvalue weighted by Crippen LogP contribution is 2.34. The maximum absolute atomic E-state index is 12.7. The number of hydrogen-bond donors (Lipinski definition) is 0. The zero-order valence-corrected chi connectivity index (χ0v) is 19.7. The lowest BCUT2D eigenvalue weighted by Gasteiger charge is -2.12. The van der Waals surface area contributed by atoms with Gasteiger partial charge in [-0.3, -0.25) is 14.5 Å². The van der Waals surface area contributed by atoms with Gasteiger partial charge in [-0.2, -0.15) is 0 Å². The van der Waals surface area contributed by atoms with Gasteiger partial charge >= 0.3 is 5.97 Å². The highest BCUT2D eigenvalue weighted by atomic mass is 127. The lowest BCUT2D eigenvalue weighted by Crippen LogP contribution is -2.27. The molecule has 0 aliphatic carbocycles. The first-order valence-electron chi connectivity index (χ1n) is 8.36. The molecule has 0 atom stereocenters. The van der Waals surface area contributed by atoms with Crippen molar-refractivity contribution in [1.82, 2.24) is 4.90 Å². The van der Waals surface area contributed by atoms with Crippen LogP contribution < -0.4 is 4.74 Å². The average Bonchev–Trinajstić information content (AvgIpc) is 2.96. The minimum atomic E-state index is -0.484. The van der Waals surface area contributed by atoms with Crippen molar-refractivity contribution in [2.45, 2.75) is 6.54 Å². The van der Waals surface area contributed by atoms with E-state index in [0.29, 0.717) is 15.1 Å². The zero-order chi connectivity index (χ0) is 21.0. The Kier molecular flexibility index (Phi) is 7.36. The maximum Gasteiger partial charge on any atom is 0.343 e. The van der Waals surface area contributed by atoms with Crippen LogP contribution in [0.25, 0.3) is 6.08 Å². The number of rotatable bonds is 6. The van der Waals surface area contributed by atoms with E-state index in [4.69, 9.17) is 4.74 Å². The SMILES string of the molecule is COC(=O)COc1ccc(/C=C2\SC(=O)N(Cc3ccc(I)cc3)C2=O)cc1Br. The first kappa shape index (κ1) is 21.8. The molecule has 9 heteroatoms. The quantitative estimate of drug-likeness (QED) is 0.274. The second kappa shape index (κ2) is 9.77. The van der Waals surface area contributed by atoms with E-state index in [1.807, 2.05) is 24.3 Å². The molecule has 1 aliphatic heterocycles. The fourth-order valence-electron chi connectivity index (χ4n) is 2.48. The topological polar surface area (TPSA) is 72.9 Å². The molecule has 1 saturated heterocycles. The van der Waals surface area contributed by atoms with E-state index in [2.05, 4.69) is 43.3 Å². The van der Waals surface area contributed by atoms with E-state index in [9.17, 15) is 14.4 Å². The predicted molar refractivity (Wildman–Crippen MR) is 122 cm³/mol. The number of carbonyl (C=O) groups is 3. The molecule has 2 aromatic rings. The second-order valence-electron chi connectivity index (χ2n) is 5.95. The van der Waals surface area contributed by atoms with Crippen LogP contribution in [0.1, 0.15) is 11.1 Å². The number of nitrogens with zero attached hydrogens (tertiary/aromatic N) is 1. The summed E-state index contributed by atoms with van der Waals surface area (Å²) in [5.74, 6) is -0.331. The van der Waals surface area contributed by atoms with Gasteiger partial charge in [0.25, 0.3) is 11.1 Å². The van der Waals surface area contributed by atoms with Crippen molar-refractivity contribution in [1.29, 1.82) is 0 Å². The first-order valence-corrected chi connectivity index (χ1v) is 11.0. The minimum absolute atomic E-state index is 0.203. The second-order valence-corrected chi connectivity index (χ2v) is 9.04. The fourth-order valence-corrected chi connectivity index (χ4v) is 4.19. The summed E-state index contributed by atoms with van der Waals surface area (Å²) in [4.78, 5) is 37.8. The predicted octanol–water partition coefficient (Wildman–Crippen LogP) is 4.84. The van der Waals surface area contributed by atoms with Gasteiger partial charge in [0.15, 0.2) is 6.61 Å². The highest BCUT2D eigenvalue weighted by Gasteiger charge is 2.35. The summed E-state index contributed by atoms with van der Waals surface area (Å²) in [6, 6.07) is 12.8. The average molecular weight is 588 g/mol. The van der Waals surface area contributed by atoms with E-state index in [1.54, 1.807) is 24.3 Å². The van der Waals surface area contributed by atoms with Gasteiger partial charge in [0.2, 0.25) is 0 Å². The molecule has 0 bridgehead atoms. The van der Waals surface area contributed by atoms with Crippen LogP contribution in [0.4, 0.5) is 4.79 Å². The lowest BCUT2D eigenvalue weighted by molar-refractivity contribution is -0.142. The number of esters is 1. The Labute approximate surface area is 193 Å². The van der Waals surface area contributed by atoms with Gasteiger partial charge in [-0.25, -0.2) is 4.79 Å². The molecule has 0 aromatic heterocycles. The molecule has 150 valence electrons. The van der Waals surface area contributed by atoms with Crippen molar-refractivity contribution >= 4 is 73.5 Å². The number of ether oxygens (including phenoxy) is 2. The first-order chi connectivity index (χ1) is 13.9. The summed E-state index contributed by atoms with van der Waals surface area (Å²) in [5, 5.41) is -0.295. The minimum Gasteiger partial charge on any atom is -0.481 e. The number of imide groups is 1. The van der Waals surface area contributed by atoms with E-state index < -0.39 is 5.97 Å². The Morgan fingerprint density at radius 2 is 1.93 bits per heavy atom. The molecule has 1 fully saturated rings. The maximum atomic E-state index is 12.7. The number of amides is 2. The zero-order valence-electron chi connectivity index (χ0n) is 15.2. The van der Waals surface area contributed by atoms with Gasteiger partial charge in [0, 0.05) is 3.57 Å². The summed E-state index contributed by atoms with van der Waals surface area (Å²) < 4.78 is 11.6. The molecule has 0 unspecified atom stereocenters. The Balaban J connectivity index is 1.72. The largest absolute Gasteiger partial charge is 0.481 e. The standard InChI is InChI=1S/C20H15BrINO5S/c1-27-18(24)11-28-16-7-4-13(8-15(16)21)9-17-19(25)23(20(26)29-17)10-12-2-5-14(22)6-3-12/h2-9H,10-11H2,1H3/b17-9-. The van der Waals surface area contributed by atoms with Crippen LogP contribution in [0.5, 0.6) is 5.75 Å². The molecule has 3 rings (SSSR count). The molecule has 0 saturated carbocycles. The van der Waals surface area contributed by atoms with E-state index in [0.717, 1.165) is 26.5 Å². The summed E-state index contributed by atoms with van der Waals surface area (Å²) >= 11 is 6.50. The van der Waals surface area contributed by atoms with E-state index in [1.165, 1.54) is 12.0 Å². The van der Waals surface area contributed by atoms with Crippen LogP contribution >= 0.6 is 50.3 Å². The Morgan fingerprint density at radius 3 is 2.59 bits per heavy atom. The van der Waals surface area contributed by atoms with Crippen molar-refractivity contribution in [3.05, 3.63) is 66.5 Å². The molecule has 6 nitrogen and oxygen atoms in total. The third kappa shape index (κ3) is 5.61. The number of thioether (sulfide) groups is 1. The molecular weight excluding hydrogens is 573 g/mol. The summed E-state index contributed by atoms with van der Waals surface area (Å²) in [6.45, 7) is 0.0365. The molecule has 1 heterocycles. The normalized spacial score (nSPS) is 15.1. The van der Waals surface area contributed by atoms with E-state index in [-0.39, 0.29) is 24.3 Å². The van der Waals surface area contributed by atoms with Gasteiger partial charge in [0.05, 0.1) is 23.0 Å². The molecular formula is C20H15BrINO5S. The lowest BCUT2D eigenvalue weighted by atomic mass is 10.2. The van der Waals surface area contributed by atoms with Gasteiger partial charge in [-0.05, 0) is 91.8 Å². The molecule has 1 aliphatic rings. The van der Waals surface area contributed by atoms with Crippen molar-refractivity contribution in [3.63, 3.8) is 0 Å². The van der Waals surface area contributed by atoms with Crippen molar-refractivity contribution < 1.29 is 23.9 Å². The Bertz CT molecular complexity index is 993. The molecule has 0 radical (unpaired) electrons. The van der Waals surface area contributed by atoms with Gasteiger partial charge in [-0.15, -0.1) is 0 Å². The Hall–Kier alpha value is -1.85. The number of methoxy groups -OCH3 is 1. The van der Waals surface area contributed by atoms with Crippen LogP contribution in [0.15, 0.2) is 51.8 Å². The van der Waals surface area contributed by atoms with Crippen molar-refractivity contribution in [2.24, 2.45) is 0 Å². The van der Waals surface area contributed by atoms with Gasteiger partial charge < -0.3 is 9.47 Å². The van der Waals surface area contributed by atoms with Crippen LogP contribution in [0.3, 0.4) is 0 Å². The Morgan fingerprint density at radius 1 is 1.21 bits per heavy atom. The molecule has 2 aromatic carbocycles. The van der Waals surface area contributed by atoms with Gasteiger partial charge in [0.1, 0.15) is 5.75 Å². The monoisotopic (exact) mass is 587 g/mol. The number of benzene rings is 2. The number of hydrogen-bond acceptors (Lipinski definition) is 6. The molecule has 0 spiro atoms. The third-order valence-corrected chi connectivity index (χ3v) is 6.20. The van der Waals surface area contributed by atoms with Crippen molar-refractivity contribution in [3.8, 4) is 5.75 Å². The van der Waals surface area contributed by atoms with Crippen LogP contribution in [-0.2, 0) is 20.9 Å². The third-order valence-electron chi connectivity index (χ3n) is 3.95. The summed E-state index contributed by atoms with van der Waals surface area (Å²) in [5.41, 5.74) is 1.62. The van der Waals surface area contributed by atoms with E-state index >= 15 is 0 Å². The smallest absolute Gasteiger partial charge is 0.343 e. The number of halogens is 2. The van der Waals surface area contributed by atoms with Crippen molar-refractivity contribution in [2.75, 3.05) is 13.7 Å². The highest BCUT2D eigenvalue weighted by molar-refractivity contribution is 14.1. The summed E-state index contributed by atoms with van der Waals surface area (Å²) in [7, 11) is 1.29. The van der Waals surface area contributed by atoms with Crippen LogP contribution in [0, 0.1) is 3.57 Å². The van der Waals surface area contributed by atoms with Crippen LogP contribution in [-0.4, -0.2) is 35.7 Å². The molecule has 29 heavy (non-hydrogen) atoms. The fraction of sp³-hybridized carbons (Fsp3) is 0.150. The molecule has 0 N–H and O–H groups in total.